The van der Waals surface area contributed by atoms with Crippen molar-refractivity contribution in [3.63, 3.8) is 0 Å². The molecular formula is C7H9ClO. The molecule has 2 unspecified atom stereocenters. The van der Waals surface area contributed by atoms with Gasteiger partial charge < -0.3 is 5.11 Å². The summed E-state index contributed by atoms with van der Waals surface area (Å²) in [7, 11) is 0. The van der Waals surface area contributed by atoms with Gasteiger partial charge in [-0.05, 0) is 18.1 Å². The fourth-order valence-corrected chi connectivity index (χ4v) is 0.928. The Bertz CT molecular complexity index is 160. The monoisotopic (exact) mass is 144 g/mol. The smallest absolute Gasteiger partial charge is 0.111 e. The number of aliphatic hydroxyl groups is 1. The van der Waals surface area contributed by atoms with E-state index in [2.05, 4.69) is 0 Å². The zero-order valence-electron chi connectivity index (χ0n) is 5.21. The second kappa shape index (κ2) is 2.44. The van der Waals surface area contributed by atoms with E-state index >= 15 is 0 Å². The maximum absolute atomic E-state index is 8.91. The predicted molar refractivity (Wildman–Crippen MR) is 38.7 cm³/mol. The van der Waals surface area contributed by atoms with Gasteiger partial charge in [-0.3, -0.25) is 0 Å². The highest BCUT2D eigenvalue weighted by molar-refractivity contribution is 6.22. The lowest BCUT2D eigenvalue weighted by molar-refractivity contribution is 0.420. The van der Waals surface area contributed by atoms with E-state index in [9.17, 15) is 0 Å². The topological polar surface area (TPSA) is 20.2 Å². The van der Waals surface area contributed by atoms with Gasteiger partial charge in [-0.1, -0.05) is 13.0 Å². The van der Waals surface area contributed by atoms with Crippen LogP contribution in [0, 0.1) is 5.92 Å². The summed E-state index contributed by atoms with van der Waals surface area (Å²) in [5.74, 6) is 0.566. The van der Waals surface area contributed by atoms with Crippen LogP contribution in [0.4, 0.5) is 0 Å². The first kappa shape index (κ1) is 6.69. The lowest BCUT2D eigenvalue weighted by Gasteiger charge is -2.13. The van der Waals surface area contributed by atoms with E-state index in [0.717, 1.165) is 0 Å². The predicted octanol–water partition coefficient (Wildman–Crippen LogP) is 2.24. The minimum atomic E-state index is 0.0425. The minimum absolute atomic E-state index is 0.0425. The van der Waals surface area contributed by atoms with Crippen molar-refractivity contribution in [3.8, 4) is 0 Å². The van der Waals surface area contributed by atoms with E-state index in [0.29, 0.717) is 5.76 Å². The number of hydrogen-bond donors (Lipinski definition) is 1. The zero-order valence-corrected chi connectivity index (χ0v) is 5.97. The Morgan fingerprint density at radius 1 is 1.67 bits per heavy atom. The Labute approximate surface area is 59.6 Å². The Kier molecular flexibility index (Phi) is 1.81. The minimum Gasteiger partial charge on any atom is -0.508 e. The average Bonchev–Trinajstić information content (AvgIpc) is 1.80. The summed E-state index contributed by atoms with van der Waals surface area (Å²) < 4.78 is 0. The molecule has 1 aliphatic carbocycles. The first-order chi connectivity index (χ1) is 4.20. The molecule has 0 saturated carbocycles. The van der Waals surface area contributed by atoms with E-state index < -0.39 is 0 Å². The summed E-state index contributed by atoms with van der Waals surface area (Å²) in [5, 5.41) is 8.96. The molecule has 50 valence electrons. The fraction of sp³-hybridized carbons (Fsp3) is 0.429. The molecule has 0 heterocycles. The van der Waals surface area contributed by atoms with Crippen molar-refractivity contribution in [1.82, 2.24) is 0 Å². The highest BCUT2D eigenvalue weighted by Crippen LogP contribution is 2.19. The molecule has 1 nitrogen and oxygen atoms in total. The molecule has 0 spiro atoms. The lowest BCUT2D eigenvalue weighted by atomic mass is 10.0. The van der Waals surface area contributed by atoms with Crippen molar-refractivity contribution in [2.45, 2.75) is 12.3 Å². The van der Waals surface area contributed by atoms with Gasteiger partial charge in [-0.2, -0.15) is 0 Å². The van der Waals surface area contributed by atoms with Crippen LogP contribution in [0.2, 0.25) is 0 Å². The van der Waals surface area contributed by atoms with Crippen LogP contribution in [0.3, 0.4) is 0 Å². The number of halogens is 1. The Morgan fingerprint density at radius 3 is 2.78 bits per heavy atom. The molecule has 0 aromatic rings. The van der Waals surface area contributed by atoms with Crippen LogP contribution in [0.5, 0.6) is 0 Å². The number of allylic oxidation sites excluding steroid dienone is 3. The second-order valence-electron chi connectivity index (χ2n) is 2.25. The van der Waals surface area contributed by atoms with E-state index in [1.165, 1.54) is 0 Å². The van der Waals surface area contributed by atoms with Crippen LogP contribution in [-0.2, 0) is 0 Å². The van der Waals surface area contributed by atoms with Gasteiger partial charge in [0.15, 0.2) is 0 Å². The second-order valence-corrected chi connectivity index (χ2v) is 2.76. The summed E-state index contributed by atoms with van der Waals surface area (Å²) in [6.07, 6.45) is 5.16. The molecule has 0 bridgehead atoms. The van der Waals surface area contributed by atoms with Crippen molar-refractivity contribution < 1.29 is 5.11 Å². The summed E-state index contributed by atoms with van der Waals surface area (Å²) in [6, 6.07) is 0. The third-order valence-electron chi connectivity index (χ3n) is 1.39. The van der Waals surface area contributed by atoms with Crippen LogP contribution in [-0.4, -0.2) is 10.5 Å². The molecule has 2 atom stereocenters. The average molecular weight is 145 g/mol. The molecule has 1 N–H and O–H groups in total. The SMILES string of the molecule is CC1C=C(O)C=CC1Cl. The molecule has 9 heavy (non-hydrogen) atoms. The molecule has 1 aliphatic rings. The third-order valence-corrected chi connectivity index (χ3v) is 1.93. The Hall–Kier alpha value is -0.430. The Balaban J connectivity index is 2.70. The lowest BCUT2D eigenvalue weighted by Crippen LogP contribution is -2.09. The summed E-state index contributed by atoms with van der Waals surface area (Å²) in [5.41, 5.74) is 0. The molecular weight excluding hydrogens is 136 g/mol. The molecule has 0 aromatic heterocycles. The third kappa shape index (κ3) is 1.49. The maximum Gasteiger partial charge on any atom is 0.111 e. The molecule has 0 aliphatic heterocycles. The van der Waals surface area contributed by atoms with E-state index in [-0.39, 0.29) is 11.3 Å². The first-order valence-corrected chi connectivity index (χ1v) is 3.37. The van der Waals surface area contributed by atoms with E-state index in [4.69, 9.17) is 16.7 Å². The van der Waals surface area contributed by atoms with Crippen LogP contribution < -0.4 is 0 Å². The largest absolute Gasteiger partial charge is 0.508 e. The molecule has 0 fully saturated rings. The molecule has 0 radical (unpaired) electrons. The van der Waals surface area contributed by atoms with Crippen LogP contribution in [0.1, 0.15) is 6.92 Å². The van der Waals surface area contributed by atoms with Crippen LogP contribution in [0.25, 0.3) is 0 Å². The zero-order chi connectivity index (χ0) is 6.85. The van der Waals surface area contributed by atoms with Crippen LogP contribution in [0.15, 0.2) is 24.0 Å². The molecule has 0 amide bonds. The molecule has 0 aromatic carbocycles. The van der Waals surface area contributed by atoms with Crippen molar-refractivity contribution in [1.29, 1.82) is 0 Å². The van der Waals surface area contributed by atoms with Gasteiger partial charge in [-0.25, -0.2) is 0 Å². The quantitative estimate of drug-likeness (QED) is 0.517. The van der Waals surface area contributed by atoms with Crippen molar-refractivity contribution in [3.05, 3.63) is 24.0 Å². The van der Waals surface area contributed by atoms with Gasteiger partial charge >= 0.3 is 0 Å². The summed E-state index contributed by atoms with van der Waals surface area (Å²) in [4.78, 5) is 0. The molecule has 2 heteroatoms. The van der Waals surface area contributed by atoms with Gasteiger partial charge in [0.05, 0.1) is 5.38 Å². The maximum atomic E-state index is 8.91. The van der Waals surface area contributed by atoms with Gasteiger partial charge in [-0.15, -0.1) is 11.6 Å². The standard InChI is InChI=1S/C7H9ClO/c1-5-4-6(9)2-3-7(5)8/h2-5,7,9H,1H3. The number of rotatable bonds is 0. The van der Waals surface area contributed by atoms with Gasteiger partial charge in [0, 0.05) is 0 Å². The Morgan fingerprint density at radius 2 is 2.33 bits per heavy atom. The normalized spacial score (nSPS) is 34.2. The highest BCUT2D eigenvalue weighted by atomic mass is 35.5. The van der Waals surface area contributed by atoms with Crippen LogP contribution >= 0.6 is 11.6 Å². The first-order valence-electron chi connectivity index (χ1n) is 2.93. The number of aliphatic hydroxyl groups excluding tert-OH is 1. The van der Waals surface area contributed by atoms with Crippen molar-refractivity contribution >= 4 is 11.6 Å². The van der Waals surface area contributed by atoms with Gasteiger partial charge in [0.25, 0.3) is 0 Å². The van der Waals surface area contributed by atoms with Gasteiger partial charge in [0.1, 0.15) is 5.76 Å². The van der Waals surface area contributed by atoms with Crippen molar-refractivity contribution in [2.75, 3.05) is 0 Å². The molecule has 0 saturated heterocycles. The van der Waals surface area contributed by atoms with Gasteiger partial charge in [0.2, 0.25) is 0 Å². The fourth-order valence-electron chi connectivity index (χ4n) is 0.783. The molecule has 1 rings (SSSR count). The summed E-state index contributed by atoms with van der Waals surface area (Å²) in [6.45, 7) is 1.97. The van der Waals surface area contributed by atoms with E-state index in [1.54, 1.807) is 18.2 Å². The van der Waals surface area contributed by atoms with E-state index in [1.807, 2.05) is 6.92 Å². The number of alkyl halides is 1. The highest BCUT2D eigenvalue weighted by Gasteiger charge is 2.12. The number of hydrogen-bond acceptors (Lipinski definition) is 1. The van der Waals surface area contributed by atoms with Crippen molar-refractivity contribution in [2.24, 2.45) is 5.92 Å². The summed E-state index contributed by atoms with van der Waals surface area (Å²) >= 11 is 5.79.